The molecule has 3 atom stereocenters. The van der Waals surface area contributed by atoms with Gasteiger partial charge in [0.2, 0.25) is 5.91 Å². The first-order valence-electron chi connectivity index (χ1n) is 7.89. The fourth-order valence-electron chi connectivity index (χ4n) is 4.17. The Hall–Kier alpha value is -1.03. The molecule has 4 rings (SSSR count). The zero-order valence-electron chi connectivity index (χ0n) is 12.0. The number of halogens is 1. The number of piperidine rings is 1. The molecule has 0 radical (unpaired) electrons. The average molecular weight is 350 g/mol. The fourth-order valence-corrected chi connectivity index (χ4v) is 5.03. The second-order valence-corrected chi connectivity index (χ2v) is 7.81. The first-order valence-corrected chi connectivity index (χ1v) is 8.81. The van der Waals surface area contributed by atoms with Crippen molar-refractivity contribution in [1.82, 2.24) is 4.90 Å². The molecule has 1 aromatic rings. The molecule has 1 aromatic carbocycles. The molecule has 0 saturated carbocycles. The van der Waals surface area contributed by atoms with Crippen LogP contribution in [-0.4, -0.2) is 34.3 Å². The van der Waals surface area contributed by atoms with Crippen LogP contribution in [-0.2, 0) is 11.2 Å². The molecule has 2 bridgehead atoms. The maximum atomic E-state index is 13.0. The van der Waals surface area contributed by atoms with Gasteiger partial charge in [0.05, 0.1) is 5.92 Å². The van der Waals surface area contributed by atoms with Crippen molar-refractivity contribution in [3.8, 4) is 5.75 Å². The number of fused-ring (bicyclic) bond motifs is 3. The van der Waals surface area contributed by atoms with Crippen LogP contribution in [0.1, 0.15) is 31.2 Å². The molecule has 0 N–H and O–H groups in total. The monoisotopic (exact) mass is 349 g/mol. The van der Waals surface area contributed by atoms with Gasteiger partial charge >= 0.3 is 0 Å². The van der Waals surface area contributed by atoms with Crippen LogP contribution in [0.3, 0.4) is 0 Å². The van der Waals surface area contributed by atoms with Gasteiger partial charge in [0.15, 0.2) is 0 Å². The van der Waals surface area contributed by atoms with Crippen LogP contribution in [0.4, 0.5) is 0 Å². The summed E-state index contributed by atoms with van der Waals surface area (Å²) < 4.78 is 5.80. The van der Waals surface area contributed by atoms with Gasteiger partial charge in [0, 0.05) is 16.9 Å². The van der Waals surface area contributed by atoms with E-state index in [0.717, 1.165) is 25.0 Å². The van der Waals surface area contributed by atoms with Crippen molar-refractivity contribution in [1.29, 1.82) is 0 Å². The summed E-state index contributed by atoms with van der Waals surface area (Å²) in [5.74, 6) is 1.26. The van der Waals surface area contributed by atoms with E-state index in [1.54, 1.807) is 0 Å². The van der Waals surface area contributed by atoms with Crippen molar-refractivity contribution in [2.75, 3.05) is 6.61 Å². The zero-order valence-corrected chi connectivity index (χ0v) is 13.6. The molecule has 1 amide bonds. The summed E-state index contributed by atoms with van der Waals surface area (Å²) >= 11 is 3.74. The van der Waals surface area contributed by atoms with E-state index in [1.807, 2.05) is 18.2 Å². The quantitative estimate of drug-likeness (QED) is 0.729. The van der Waals surface area contributed by atoms with E-state index in [4.69, 9.17) is 4.74 Å². The van der Waals surface area contributed by atoms with E-state index >= 15 is 0 Å². The van der Waals surface area contributed by atoms with Gasteiger partial charge < -0.3 is 9.64 Å². The van der Waals surface area contributed by atoms with Crippen molar-refractivity contribution in [2.24, 2.45) is 5.92 Å². The lowest BCUT2D eigenvalue weighted by atomic mass is 9.93. The van der Waals surface area contributed by atoms with Gasteiger partial charge in [-0.25, -0.2) is 0 Å². The minimum absolute atomic E-state index is 0.00474. The predicted molar refractivity (Wildman–Crippen MR) is 84.7 cm³/mol. The lowest BCUT2D eigenvalue weighted by molar-refractivity contribution is -0.141. The maximum Gasteiger partial charge on any atom is 0.229 e. The Morgan fingerprint density at radius 2 is 1.90 bits per heavy atom. The van der Waals surface area contributed by atoms with Crippen LogP contribution < -0.4 is 4.74 Å². The Balaban J connectivity index is 1.52. The van der Waals surface area contributed by atoms with E-state index in [0.29, 0.717) is 29.4 Å². The summed E-state index contributed by atoms with van der Waals surface area (Å²) in [7, 11) is 0. The number of rotatable bonds is 1. The second kappa shape index (κ2) is 5.31. The molecule has 3 aliphatic rings. The average Bonchev–Trinajstić information content (AvgIpc) is 2.78. The minimum Gasteiger partial charge on any atom is -0.492 e. The first-order chi connectivity index (χ1) is 10.2. The molecule has 2 fully saturated rings. The van der Waals surface area contributed by atoms with Crippen molar-refractivity contribution < 1.29 is 9.53 Å². The van der Waals surface area contributed by atoms with Crippen LogP contribution in [0.15, 0.2) is 24.3 Å². The summed E-state index contributed by atoms with van der Waals surface area (Å²) in [6.07, 6.45) is 5.37. The zero-order chi connectivity index (χ0) is 14.4. The van der Waals surface area contributed by atoms with Crippen LogP contribution in [0.2, 0.25) is 0 Å². The number of hydrogen-bond acceptors (Lipinski definition) is 2. The fraction of sp³-hybridized carbons (Fsp3) is 0.588. The van der Waals surface area contributed by atoms with Crippen LogP contribution in [0.5, 0.6) is 5.75 Å². The van der Waals surface area contributed by atoms with Gasteiger partial charge in [-0.1, -0.05) is 34.1 Å². The molecule has 0 aromatic heterocycles. The number of benzene rings is 1. The lowest BCUT2D eigenvalue weighted by Gasteiger charge is -2.40. The normalized spacial score (nSPS) is 34.2. The van der Waals surface area contributed by atoms with E-state index in [2.05, 4.69) is 26.9 Å². The highest BCUT2D eigenvalue weighted by molar-refractivity contribution is 9.09. The van der Waals surface area contributed by atoms with Crippen LogP contribution in [0.25, 0.3) is 0 Å². The molecule has 2 saturated heterocycles. The number of carbonyl (C=O) groups is 1. The smallest absolute Gasteiger partial charge is 0.229 e. The molecule has 3 nitrogen and oxygen atoms in total. The van der Waals surface area contributed by atoms with E-state index in [-0.39, 0.29) is 5.92 Å². The highest BCUT2D eigenvalue weighted by Gasteiger charge is 2.44. The van der Waals surface area contributed by atoms with Crippen molar-refractivity contribution in [2.45, 2.75) is 49.0 Å². The number of alkyl halides is 1. The van der Waals surface area contributed by atoms with E-state index < -0.39 is 0 Å². The van der Waals surface area contributed by atoms with Crippen molar-refractivity contribution >= 4 is 21.8 Å². The van der Waals surface area contributed by atoms with Crippen LogP contribution in [0, 0.1) is 5.92 Å². The number of carbonyl (C=O) groups excluding carboxylic acids is 1. The topological polar surface area (TPSA) is 29.5 Å². The standard InChI is InChI=1S/C17H20BrNO2/c18-13-8-14-5-6-15(9-13)19(14)17(20)12-7-11-3-1-2-4-16(11)21-10-12/h1-4,12-15H,5-10H2. The number of ether oxygens (including phenoxy) is 1. The van der Waals surface area contributed by atoms with Gasteiger partial charge in [0.1, 0.15) is 12.4 Å². The number of nitrogens with zero attached hydrogens (tertiary/aromatic N) is 1. The van der Waals surface area contributed by atoms with Gasteiger partial charge in [-0.05, 0) is 43.7 Å². The molecule has 21 heavy (non-hydrogen) atoms. The van der Waals surface area contributed by atoms with Crippen molar-refractivity contribution in [3.63, 3.8) is 0 Å². The second-order valence-electron chi connectivity index (χ2n) is 6.52. The Kier molecular flexibility index (Phi) is 3.44. The molecular weight excluding hydrogens is 330 g/mol. The Labute approximate surface area is 133 Å². The number of para-hydroxylation sites is 1. The highest BCUT2D eigenvalue weighted by atomic mass is 79.9. The Morgan fingerprint density at radius 3 is 2.67 bits per heavy atom. The summed E-state index contributed by atoms with van der Waals surface area (Å²) in [5.41, 5.74) is 1.17. The summed E-state index contributed by atoms with van der Waals surface area (Å²) in [6.45, 7) is 0.531. The third kappa shape index (κ3) is 2.37. The molecule has 112 valence electrons. The predicted octanol–water partition coefficient (Wildman–Crippen LogP) is 3.15. The van der Waals surface area contributed by atoms with Gasteiger partial charge in [-0.15, -0.1) is 0 Å². The summed E-state index contributed by atoms with van der Waals surface area (Å²) in [5, 5.41) is 0. The lowest BCUT2D eigenvalue weighted by Crippen LogP contribution is -2.50. The third-order valence-electron chi connectivity index (χ3n) is 5.16. The Morgan fingerprint density at radius 1 is 1.19 bits per heavy atom. The molecule has 4 heteroatoms. The van der Waals surface area contributed by atoms with E-state index in [1.165, 1.54) is 18.4 Å². The summed E-state index contributed by atoms with van der Waals surface area (Å²) in [4.78, 5) is 15.7. The number of amides is 1. The molecule has 3 aliphatic heterocycles. The molecule has 0 spiro atoms. The third-order valence-corrected chi connectivity index (χ3v) is 5.91. The maximum absolute atomic E-state index is 13.0. The molecule has 0 aliphatic carbocycles. The van der Waals surface area contributed by atoms with Gasteiger partial charge in [-0.3, -0.25) is 4.79 Å². The van der Waals surface area contributed by atoms with E-state index in [9.17, 15) is 4.79 Å². The number of hydrogen-bond donors (Lipinski definition) is 0. The Bertz CT molecular complexity index is 547. The SMILES string of the molecule is O=C(C1COc2ccccc2C1)N1C2CCC1CC(Br)C2. The largest absolute Gasteiger partial charge is 0.492 e. The van der Waals surface area contributed by atoms with Gasteiger partial charge in [0.25, 0.3) is 0 Å². The summed E-state index contributed by atoms with van der Waals surface area (Å²) in [6, 6.07) is 8.97. The first kappa shape index (κ1) is 13.6. The minimum atomic E-state index is -0.00474. The highest BCUT2D eigenvalue weighted by Crippen LogP contribution is 2.40. The molecule has 3 heterocycles. The molecule has 3 unspecified atom stereocenters. The van der Waals surface area contributed by atoms with Crippen molar-refractivity contribution in [3.05, 3.63) is 29.8 Å². The van der Waals surface area contributed by atoms with Gasteiger partial charge in [-0.2, -0.15) is 0 Å². The molecular formula is C17H20BrNO2. The van der Waals surface area contributed by atoms with Crippen LogP contribution >= 0.6 is 15.9 Å².